The number of sulfonamides is 2. The fourth-order valence-corrected chi connectivity index (χ4v) is 7.93. The molecule has 0 aliphatic heterocycles. The van der Waals surface area contributed by atoms with Crippen molar-refractivity contribution in [3.8, 4) is 11.1 Å². The number of rotatable bonds is 11. The maximum atomic E-state index is 13.4. The fourth-order valence-electron chi connectivity index (χ4n) is 5.52. The summed E-state index contributed by atoms with van der Waals surface area (Å²) in [4.78, 5) is 26.8. The Balaban J connectivity index is 1.15. The van der Waals surface area contributed by atoms with E-state index in [1.54, 1.807) is 36.4 Å². The first-order valence-electron chi connectivity index (χ1n) is 16.3. The highest BCUT2D eigenvalue weighted by Crippen LogP contribution is 2.30. The molecule has 0 aromatic heterocycles. The summed E-state index contributed by atoms with van der Waals surface area (Å²) in [5.41, 5.74) is 4.78. The van der Waals surface area contributed by atoms with E-state index in [9.17, 15) is 26.4 Å². The molecule has 0 heterocycles. The van der Waals surface area contributed by atoms with Gasteiger partial charge in [0.25, 0.3) is 31.9 Å². The molecule has 0 radical (unpaired) electrons. The van der Waals surface area contributed by atoms with Crippen LogP contribution in [0.2, 0.25) is 10.0 Å². The Labute approximate surface area is 323 Å². The highest BCUT2D eigenvalue weighted by Gasteiger charge is 2.21. The number of carbonyl (C=O) groups excluding carboxylic acids is 2. The van der Waals surface area contributed by atoms with Gasteiger partial charge in [-0.15, -0.1) is 0 Å². The van der Waals surface area contributed by atoms with E-state index in [1.807, 2.05) is 38.1 Å². The molecule has 0 aliphatic carbocycles. The topological polar surface area (TPSA) is 151 Å². The molecule has 274 valence electrons. The summed E-state index contributed by atoms with van der Waals surface area (Å²) in [5, 5.41) is 6.55. The summed E-state index contributed by atoms with van der Waals surface area (Å²) in [5.74, 6) is -1.01. The van der Waals surface area contributed by atoms with E-state index in [0.29, 0.717) is 21.4 Å². The molecule has 0 bridgehead atoms. The van der Waals surface area contributed by atoms with Crippen LogP contribution in [0, 0.1) is 13.8 Å². The molecule has 2 amide bonds. The van der Waals surface area contributed by atoms with Gasteiger partial charge in [0, 0.05) is 21.4 Å². The molecule has 14 heteroatoms. The Bertz CT molecular complexity index is 2430. The SMILES string of the molecule is Cc1cc(-c2ccc(NC(=O)c3ccccc3NS(=O)(=O)c3ccc(Cl)cc3)c(C)c2)ccc1NC(=O)c1ccccc1NS(=O)(=O)c1ccc(Cl)cc1. The van der Waals surface area contributed by atoms with Gasteiger partial charge in [-0.25, -0.2) is 16.8 Å². The van der Waals surface area contributed by atoms with Crippen molar-refractivity contribution in [2.45, 2.75) is 23.6 Å². The zero-order valence-electron chi connectivity index (χ0n) is 28.7. The monoisotopic (exact) mass is 798 g/mol. The van der Waals surface area contributed by atoms with Crippen LogP contribution in [0.1, 0.15) is 31.8 Å². The van der Waals surface area contributed by atoms with Crippen LogP contribution in [0.25, 0.3) is 11.1 Å². The Hall–Kier alpha value is -5.66. The molecule has 0 fully saturated rings. The first kappa shape index (κ1) is 38.1. The highest BCUT2D eigenvalue weighted by molar-refractivity contribution is 7.93. The average molecular weight is 800 g/mol. The summed E-state index contributed by atoms with van der Waals surface area (Å²) in [6, 6.07) is 35.0. The number of aryl methyl sites for hydroxylation is 2. The van der Waals surface area contributed by atoms with Crippen LogP contribution in [0.15, 0.2) is 143 Å². The number of benzene rings is 6. The van der Waals surface area contributed by atoms with E-state index in [4.69, 9.17) is 23.2 Å². The van der Waals surface area contributed by atoms with Crippen molar-refractivity contribution in [3.05, 3.63) is 166 Å². The van der Waals surface area contributed by atoms with Crippen LogP contribution in [0.4, 0.5) is 22.7 Å². The Morgan fingerprint density at radius 1 is 0.463 bits per heavy atom. The zero-order valence-corrected chi connectivity index (χ0v) is 31.9. The molecule has 0 unspecified atom stereocenters. The van der Waals surface area contributed by atoms with Gasteiger partial charge in [0.15, 0.2) is 0 Å². The third-order valence-electron chi connectivity index (χ3n) is 8.36. The lowest BCUT2D eigenvalue weighted by molar-refractivity contribution is 0.101. The third kappa shape index (κ3) is 8.75. The first-order valence-corrected chi connectivity index (χ1v) is 20.0. The zero-order chi connectivity index (χ0) is 38.6. The minimum atomic E-state index is -3.99. The van der Waals surface area contributed by atoms with E-state index in [-0.39, 0.29) is 32.3 Å². The molecule has 0 atom stereocenters. The average Bonchev–Trinajstić information content (AvgIpc) is 3.13. The second-order valence-corrected chi connectivity index (χ2v) is 16.4. The van der Waals surface area contributed by atoms with Crippen molar-refractivity contribution in [2.75, 3.05) is 20.1 Å². The largest absolute Gasteiger partial charge is 0.322 e. The van der Waals surface area contributed by atoms with Crippen molar-refractivity contribution in [1.82, 2.24) is 0 Å². The quantitative estimate of drug-likeness (QED) is 0.103. The van der Waals surface area contributed by atoms with E-state index in [2.05, 4.69) is 20.1 Å². The number of hydrogen-bond donors (Lipinski definition) is 4. The molecule has 4 N–H and O–H groups in total. The first-order chi connectivity index (χ1) is 25.7. The van der Waals surface area contributed by atoms with Crippen molar-refractivity contribution in [2.24, 2.45) is 0 Å². The van der Waals surface area contributed by atoms with Gasteiger partial charge in [0.1, 0.15) is 0 Å². The lowest BCUT2D eigenvalue weighted by Crippen LogP contribution is -2.19. The van der Waals surface area contributed by atoms with Crippen LogP contribution in [0.3, 0.4) is 0 Å². The molecular formula is C40H32Cl2N4O6S2. The smallest absolute Gasteiger partial charge is 0.261 e. The van der Waals surface area contributed by atoms with Crippen LogP contribution in [-0.2, 0) is 20.0 Å². The molecule has 0 spiro atoms. The number of anilines is 4. The summed E-state index contributed by atoms with van der Waals surface area (Å²) >= 11 is 11.8. The van der Waals surface area contributed by atoms with E-state index < -0.39 is 31.9 Å². The highest BCUT2D eigenvalue weighted by atomic mass is 35.5. The lowest BCUT2D eigenvalue weighted by atomic mass is 9.99. The standard InChI is InChI=1S/C40H32Cl2N4O6S2/c1-25-23-27(11-21-35(25)43-39(47)33-7-3-5-9-37(33)45-53(49,50)31-17-13-29(41)14-18-31)28-12-22-36(26(2)24-28)44-40(48)34-8-4-6-10-38(34)46-54(51,52)32-19-15-30(42)16-20-32/h3-24,45-46H,1-2H3,(H,43,47)(H,44,48). The molecule has 6 aromatic carbocycles. The molecule has 6 aromatic rings. The molecule has 0 saturated heterocycles. The predicted octanol–water partition coefficient (Wildman–Crippen LogP) is 9.38. The van der Waals surface area contributed by atoms with Gasteiger partial charge >= 0.3 is 0 Å². The maximum Gasteiger partial charge on any atom is 0.261 e. The molecular weight excluding hydrogens is 768 g/mol. The van der Waals surface area contributed by atoms with E-state index >= 15 is 0 Å². The van der Waals surface area contributed by atoms with Gasteiger partial charge in [-0.05, 0) is 133 Å². The van der Waals surface area contributed by atoms with Crippen molar-refractivity contribution < 1.29 is 26.4 Å². The lowest BCUT2D eigenvalue weighted by Gasteiger charge is -2.15. The Morgan fingerprint density at radius 3 is 1.17 bits per heavy atom. The Morgan fingerprint density at radius 2 is 0.815 bits per heavy atom. The number of nitrogens with one attached hydrogen (secondary N) is 4. The van der Waals surface area contributed by atoms with Gasteiger partial charge in [0.05, 0.1) is 32.3 Å². The van der Waals surface area contributed by atoms with Crippen molar-refractivity contribution >= 4 is 77.8 Å². The molecule has 54 heavy (non-hydrogen) atoms. The van der Waals surface area contributed by atoms with Crippen molar-refractivity contribution in [3.63, 3.8) is 0 Å². The van der Waals surface area contributed by atoms with Gasteiger partial charge in [0.2, 0.25) is 0 Å². The number of amides is 2. The summed E-state index contributed by atoms with van der Waals surface area (Å²) < 4.78 is 57.0. The molecule has 6 rings (SSSR count). The van der Waals surface area contributed by atoms with Gasteiger partial charge in [-0.1, -0.05) is 59.6 Å². The minimum absolute atomic E-state index is 0.000606. The minimum Gasteiger partial charge on any atom is -0.322 e. The second kappa shape index (κ2) is 15.7. The number of halogens is 2. The number of carbonyl (C=O) groups is 2. The second-order valence-electron chi connectivity index (χ2n) is 12.2. The molecule has 0 saturated carbocycles. The summed E-state index contributed by atoms with van der Waals surface area (Å²) in [6.07, 6.45) is 0. The van der Waals surface area contributed by atoms with Crippen LogP contribution >= 0.6 is 23.2 Å². The number of para-hydroxylation sites is 2. The van der Waals surface area contributed by atoms with Crippen LogP contribution < -0.4 is 20.1 Å². The van der Waals surface area contributed by atoms with Gasteiger partial charge in [-0.3, -0.25) is 19.0 Å². The van der Waals surface area contributed by atoms with Gasteiger partial charge in [-0.2, -0.15) is 0 Å². The Kier molecular flexibility index (Phi) is 11.1. The summed E-state index contributed by atoms with van der Waals surface area (Å²) in [6.45, 7) is 3.68. The van der Waals surface area contributed by atoms with Crippen LogP contribution in [0.5, 0.6) is 0 Å². The van der Waals surface area contributed by atoms with Gasteiger partial charge < -0.3 is 10.6 Å². The normalized spacial score (nSPS) is 11.4. The van der Waals surface area contributed by atoms with E-state index in [1.165, 1.54) is 72.8 Å². The number of hydrogen-bond acceptors (Lipinski definition) is 6. The van der Waals surface area contributed by atoms with E-state index in [0.717, 1.165) is 22.3 Å². The maximum absolute atomic E-state index is 13.4. The third-order valence-corrected chi connectivity index (χ3v) is 11.6. The fraction of sp³-hybridized carbons (Fsp3) is 0.0500. The van der Waals surface area contributed by atoms with Crippen LogP contribution in [-0.4, -0.2) is 28.6 Å². The molecule has 10 nitrogen and oxygen atoms in total. The van der Waals surface area contributed by atoms with Crippen molar-refractivity contribution in [1.29, 1.82) is 0 Å². The molecule has 0 aliphatic rings. The predicted molar refractivity (Wildman–Crippen MR) is 215 cm³/mol. The summed E-state index contributed by atoms with van der Waals surface area (Å²) in [7, 11) is -7.98.